The molecule has 0 bridgehead atoms. The third-order valence-electron chi connectivity index (χ3n) is 3.46. The summed E-state index contributed by atoms with van der Waals surface area (Å²) in [5, 5.41) is 6.40. The summed E-state index contributed by atoms with van der Waals surface area (Å²) in [6.45, 7) is 4.11. The Bertz CT molecular complexity index is 380. The Balaban J connectivity index is 1.82. The van der Waals surface area contributed by atoms with Crippen LogP contribution in [-0.4, -0.2) is 25.0 Å². The van der Waals surface area contributed by atoms with Gasteiger partial charge in [-0.25, -0.2) is 0 Å². The molecule has 2 N–H and O–H groups in total. The molecule has 1 aliphatic rings. The van der Waals surface area contributed by atoms with E-state index >= 15 is 0 Å². The molecule has 0 spiro atoms. The Morgan fingerprint density at radius 3 is 2.67 bits per heavy atom. The number of nitrogens with one attached hydrogen (secondary N) is 2. The number of piperidine rings is 1. The van der Waals surface area contributed by atoms with E-state index in [2.05, 4.69) is 41.8 Å². The highest BCUT2D eigenvalue weighted by Crippen LogP contribution is 2.07. The summed E-state index contributed by atoms with van der Waals surface area (Å²) in [4.78, 5) is 11.9. The minimum atomic E-state index is 0.132. The molecule has 1 atom stereocenters. The molecule has 1 aromatic rings. The standard InChI is InChI=1S/C15H22N2O/c1-2-12-5-7-13(8-6-12)10-15(18)17-14-4-3-9-16-11-14/h5-8,14,16H,2-4,9-11H2,1H3,(H,17,18). The largest absolute Gasteiger partial charge is 0.352 e. The highest BCUT2D eigenvalue weighted by molar-refractivity contribution is 5.78. The zero-order valence-electron chi connectivity index (χ0n) is 11.0. The van der Waals surface area contributed by atoms with Crippen molar-refractivity contribution < 1.29 is 4.79 Å². The maximum Gasteiger partial charge on any atom is 0.224 e. The fourth-order valence-corrected chi connectivity index (χ4v) is 2.33. The second-order valence-corrected chi connectivity index (χ2v) is 4.96. The van der Waals surface area contributed by atoms with Crippen molar-refractivity contribution in [2.75, 3.05) is 13.1 Å². The maximum absolute atomic E-state index is 11.9. The average Bonchev–Trinajstić information content (AvgIpc) is 2.40. The van der Waals surface area contributed by atoms with Gasteiger partial charge in [0, 0.05) is 12.6 Å². The molecule has 3 heteroatoms. The molecule has 1 saturated heterocycles. The summed E-state index contributed by atoms with van der Waals surface area (Å²) < 4.78 is 0. The number of rotatable bonds is 4. The van der Waals surface area contributed by atoms with Crippen molar-refractivity contribution in [3.05, 3.63) is 35.4 Å². The highest BCUT2D eigenvalue weighted by Gasteiger charge is 2.15. The van der Waals surface area contributed by atoms with Gasteiger partial charge in [0.25, 0.3) is 0 Å². The minimum Gasteiger partial charge on any atom is -0.352 e. The van der Waals surface area contributed by atoms with Crippen LogP contribution in [0.4, 0.5) is 0 Å². The third-order valence-corrected chi connectivity index (χ3v) is 3.46. The number of carbonyl (C=O) groups excluding carboxylic acids is 1. The second-order valence-electron chi connectivity index (χ2n) is 4.96. The summed E-state index contributed by atoms with van der Waals surface area (Å²) in [6.07, 6.45) is 3.77. The molecule has 0 saturated carbocycles. The molecular weight excluding hydrogens is 224 g/mol. The van der Waals surface area contributed by atoms with Crippen LogP contribution in [0.1, 0.15) is 30.9 Å². The Hall–Kier alpha value is -1.35. The van der Waals surface area contributed by atoms with Crippen molar-refractivity contribution in [1.82, 2.24) is 10.6 Å². The molecule has 1 unspecified atom stereocenters. The van der Waals surface area contributed by atoms with Gasteiger partial charge in [0.1, 0.15) is 0 Å². The van der Waals surface area contributed by atoms with Gasteiger partial charge >= 0.3 is 0 Å². The first-order valence-electron chi connectivity index (χ1n) is 6.86. The van der Waals surface area contributed by atoms with E-state index in [4.69, 9.17) is 0 Å². The molecule has 0 aromatic heterocycles. The smallest absolute Gasteiger partial charge is 0.224 e. The van der Waals surface area contributed by atoms with E-state index in [9.17, 15) is 4.79 Å². The number of aryl methyl sites for hydroxylation is 1. The van der Waals surface area contributed by atoms with Crippen molar-refractivity contribution in [3.8, 4) is 0 Å². The van der Waals surface area contributed by atoms with Gasteiger partial charge in [-0.3, -0.25) is 4.79 Å². The zero-order valence-corrected chi connectivity index (χ0v) is 11.0. The van der Waals surface area contributed by atoms with Crippen LogP contribution in [0.5, 0.6) is 0 Å². The summed E-state index contributed by atoms with van der Waals surface area (Å²) >= 11 is 0. The molecule has 1 aromatic carbocycles. The predicted octanol–water partition coefficient (Wildman–Crippen LogP) is 1.66. The van der Waals surface area contributed by atoms with E-state index in [0.717, 1.165) is 37.9 Å². The molecule has 1 amide bonds. The van der Waals surface area contributed by atoms with Crippen LogP contribution in [0.2, 0.25) is 0 Å². The van der Waals surface area contributed by atoms with Gasteiger partial charge in [-0.05, 0) is 36.9 Å². The molecule has 1 fully saturated rings. The minimum absolute atomic E-state index is 0.132. The predicted molar refractivity (Wildman–Crippen MR) is 73.6 cm³/mol. The molecule has 0 radical (unpaired) electrons. The van der Waals surface area contributed by atoms with Crippen molar-refractivity contribution in [1.29, 1.82) is 0 Å². The van der Waals surface area contributed by atoms with E-state index < -0.39 is 0 Å². The zero-order chi connectivity index (χ0) is 12.8. The Morgan fingerprint density at radius 2 is 2.06 bits per heavy atom. The van der Waals surface area contributed by atoms with Crippen LogP contribution >= 0.6 is 0 Å². The van der Waals surface area contributed by atoms with Gasteiger partial charge in [-0.2, -0.15) is 0 Å². The first kappa shape index (κ1) is 13.1. The maximum atomic E-state index is 11.9. The van der Waals surface area contributed by atoms with Crippen LogP contribution in [0.15, 0.2) is 24.3 Å². The summed E-state index contributed by atoms with van der Waals surface area (Å²) in [5.41, 5.74) is 2.41. The molecule has 1 aliphatic heterocycles. The molecule has 0 aliphatic carbocycles. The van der Waals surface area contributed by atoms with Gasteiger partial charge in [0.2, 0.25) is 5.91 Å². The van der Waals surface area contributed by atoms with Gasteiger partial charge in [0.05, 0.1) is 6.42 Å². The molecule has 1 heterocycles. The summed E-state index contributed by atoms with van der Waals surface area (Å²) in [5.74, 6) is 0.132. The lowest BCUT2D eigenvalue weighted by atomic mass is 10.1. The molecule has 2 rings (SSSR count). The van der Waals surface area contributed by atoms with Gasteiger partial charge in [0.15, 0.2) is 0 Å². The first-order valence-corrected chi connectivity index (χ1v) is 6.86. The number of hydrogen-bond donors (Lipinski definition) is 2. The number of benzene rings is 1. The molecule has 98 valence electrons. The summed E-state index contributed by atoms with van der Waals surface area (Å²) in [7, 11) is 0. The molecule has 3 nitrogen and oxygen atoms in total. The fourth-order valence-electron chi connectivity index (χ4n) is 2.33. The number of hydrogen-bond acceptors (Lipinski definition) is 2. The van der Waals surface area contributed by atoms with Crippen LogP contribution in [0.25, 0.3) is 0 Å². The van der Waals surface area contributed by atoms with E-state index in [1.165, 1.54) is 5.56 Å². The first-order chi connectivity index (χ1) is 8.78. The van der Waals surface area contributed by atoms with Crippen LogP contribution in [0.3, 0.4) is 0 Å². The van der Waals surface area contributed by atoms with Crippen LogP contribution < -0.4 is 10.6 Å². The monoisotopic (exact) mass is 246 g/mol. The van der Waals surface area contributed by atoms with Gasteiger partial charge in [-0.15, -0.1) is 0 Å². The topological polar surface area (TPSA) is 41.1 Å². The van der Waals surface area contributed by atoms with Crippen molar-refractivity contribution in [2.45, 2.75) is 38.6 Å². The quantitative estimate of drug-likeness (QED) is 0.848. The number of amides is 1. The van der Waals surface area contributed by atoms with E-state index in [1.54, 1.807) is 0 Å². The Kier molecular flexibility index (Phi) is 4.76. The average molecular weight is 246 g/mol. The lowest BCUT2D eigenvalue weighted by molar-refractivity contribution is -0.121. The van der Waals surface area contributed by atoms with E-state index in [0.29, 0.717) is 12.5 Å². The Labute approximate surface area is 109 Å². The lowest BCUT2D eigenvalue weighted by Crippen LogP contribution is -2.46. The van der Waals surface area contributed by atoms with Gasteiger partial charge < -0.3 is 10.6 Å². The summed E-state index contributed by atoms with van der Waals surface area (Å²) in [6, 6.07) is 8.62. The van der Waals surface area contributed by atoms with Crippen molar-refractivity contribution in [3.63, 3.8) is 0 Å². The normalized spacial score (nSPS) is 19.5. The van der Waals surface area contributed by atoms with Crippen molar-refractivity contribution in [2.24, 2.45) is 0 Å². The number of carbonyl (C=O) groups is 1. The van der Waals surface area contributed by atoms with Crippen LogP contribution in [0, 0.1) is 0 Å². The Morgan fingerprint density at radius 1 is 1.33 bits per heavy atom. The van der Waals surface area contributed by atoms with Crippen molar-refractivity contribution >= 4 is 5.91 Å². The van der Waals surface area contributed by atoms with E-state index in [-0.39, 0.29) is 5.91 Å². The van der Waals surface area contributed by atoms with Gasteiger partial charge in [-0.1, -0.05) is 31.2 Å². The lowest BCUT2D eigenvalue weighted by Gasteiger charge is -2.23. The van der Waals surface area contributed by atoms with Crippen LogP contribution in [-0.2, 0) is 17.6 Å². The SMILES string of the molecule is CCc1ccc(CC(=O)NC2CCCNC2)cc1. The highest BCUT2D eigenvalue weighted by atomic mass is 16.1. The van der Waals surface area contributed by atoms with E-state index in [1.807, 2.05) is 0 Å². The third kappa shape index (κ3) is 3.84. The molecule has 18 heavy (non-hydrogen) atoms. The fraction of sp³-hybridized carbons (Fsp3) is 0.533. The molecular formula is C15H22N2O. The second kappa shape index (κ2) is 6.55.